The first kappa shape index (κ1) is 23.3. The molecule has 2 aliphatic rings. The first-order valence-corrected chi connectivity index (χ1v) is 12.4. The lowest BCUT2D eigenvalue weighted by Crippen LogP contribution is -2.49. The molecule has 0 unspecified atom stereocenters. The Morgan fingerprint density at radius 3 is 2.36 bits per heavy atom. The van der Waals surface area contributed by atoms with E-state index in [0.29, 0.717) is 37.5 Å². The third-order valence-corrected chi connectivity index (χ3v) is 7.84. The van der Waals surface area contributed by atoms with E-state index in [1.807, 2.05) is 36.4 Å². The smallest absolute Gasteiger partial charge is 0.449 e. The summed E-state index contributed by atoms with van der Waals surface area (Å²) in [5.41, 5.74) is 1.47. The van der Waals surface area contributed by atoms with Crippen LogP contribution in [0.3, 0.4) is 0 Å². The SMILES string of the molecule is CC1CCC(C(=O)N(c2cc(-c3ccccc3)sc2OC(=O)O)C2CCN(C=O)CC2)CC1. The summed E-state index contributed by atoms with van der Waals surface area (Å²) in [6.07, 6.45) is 4.47. The summed E-state index contributed by atoms with van der Waals surface area (Å²) in [6.45, 7) is 3.37. The highest BCUT2D eigenvalue weighted by molar-refractivity contribution is 7.18. The van der Waals surface area contributed by atoms with Crippen molar-refractivity contribution in [2.24, 2.45) is 11.8 Å². The number of carbonyl (C=O) groups is 3. The van der Waals surface area contributed by atoms with Gasteiger partial charge in [-0.3, -0.25) is 9.59 Å². The van der Waals surface area contributed by atoms with Crippen molar-refractivity contribution in [3.63, 3.8) is 0 Å². The molecule has 33 heavy (non-hydrogen) atoms. The number of nitrogens with zero attached hydrogens (tertiary/aromatic N) is 2. The Morgan fingerprint density at radius 2 is 1.76 bits per heavy atom. The lowest BCUT2D eigenvalue weighted by Gasteiger charge is -2.39. The van der Waals surface area contributed by atoms with E-state index in [1.54, 1.807) is 9.80 Å². The third-order valence-electron chi connectivity index (χ3n) is 6.79. The topological polar surface area (TPSA) is 87.2 Å². The molecule has 2 amide bonds. The van der Waals surface area contributed by atoms with Gasteiger partial charge < -0.3 is 19.6 Å². The zero-order chi connectivity index (χ0) is 23.4. The molecule has 1 aromatic carbocycles. The van der Waals surface area contributed by atoms with Gasteiger partial charge in [0.2, 0.25) is 17.4 Å². The van der Waals surface area contributed by atoms with Gasteiger partial charge in [-0.15, -0.1) is 0 Å². The molecule has 2 heterocycles. The minimum atomic E-state index is -1.40. The fourth-order valence-corrected chi connectivity index (χ4v) is 5.88. The molecule has 7 nitrogen and oxygen atoms in total. The van der Waals surface area contributed by atoms with Crippen molar-refractivity contribution in [3.8, 4) is 15.5 Å². The predicted molar refractivity (Wildman–Crippen MR) is 128 cm³/mol. The summed E-state index contributed by atoms with van der Waals surface area (Å²) in [6, 6.07) is 11.5. The number of rotatable bonds is 6. The van der Waals surface area contributed by atoms with Crippen LogP contribution in [0.4, 0.5) is 10.5 Å². The maximum Gasteiger partial charge on any atom is 0.512 e. The number of likely N-dealkylation sites (tertiary alicyclic amines) is 1. The molecule has 4 rings (SSSR count). The van der Waals surface area contributed by atoms with E-state index in [4.69, 9.17) is 4.74 Å². The molecule has 1 aliphatic heterocycles. The average Bonchev–Trinajstić information content (AvgIpc) is 3.23. The van der Waals surface area contributed by atoms with E-state index in [1.165, 1.54) is 11.3 Å². The Labute approximate surface area is 198 Å². The van der Waals surface area contributed by atoms with Crippen LogP contribution in [0.2, 0.25) is 0 Å². The number of benzene rings is 1. The van der Waals surface area contributed by atoms with Gasteiger partial charge in [0, 0.05) is 29.9 Å². The monoisotopic (exact) mass is 470 g/mol. The molecule has 1 N–H and O–H groups in total. The second-order valence-corrected chi connectivity index (χ2v) is 10.1. The van der Waals surface area contributed by atoms with E-state index >= 15 is 0 Å². The summed E-state index contributed by atoms with van der Waals surface area (Å²) < 4.78 is 5.19. The van der Waals surface area contributed by atoms with Crippen LogP contribution in [0.1, 0.15) is 45.4 Å². The van der Waals surface area contributed by atoms with E-state index < -0.39 is 6.16 Å². The van der Waals surface area contributed by atoms with Crippen molar-refractivity contribution in [3.05, 3.63) is 36.4 Å². The van der Waals surface area contributed by atoms with Crippen LogP contribution < -0.4 is 9.64 Å². The molecule has 176 valence electrons. The number of hydrogen-bond acceptors (Lipinski definition) is 5. The molecule has 0 atom stereocenters. The Kier molecular flexibility index (Phi) is 7.33. The van der Waals surface area contributed by atoms with Gasteiger partial charge in [0.15, 0.2) is 0 Å². The number of carboxylic acid groups (broad SMARTS) is 1. The zero-order valence-electron chi connectivity index (χ0n) is 18.8. The van der Waals surface area contributed by atoms with Crippen molar-refractivity contribution in [1.82, 2.24) is 4.90 Å². The van der Waals surface area contributed by atoms with Crippen LogP contribution in [0.5, 0.6) is 5.06 Å². The molecule has 1 saturated heterocycles. The second-order valence-electron chi connectivity index (χ2n) is 9.05. The lowest BCUT2D eigenvalue weighted by molar-refractivity contribution is -0.124. The van der Waals surface area contributed by atoms with Crippen LogP contribution in [-0.2, 0) is 9.59 Å². The van der Waals surface area contributed by atoms with E-state index in [-0.39, 0.29) is 22.9 Å². The minimum absolute atomic E-state index is 0.0408. The van der Waals surface area contributed by atoms with Crippen LogP contribution >= 0.6 is 11.3 Å². The van der Waals surface area contributed by atoms with Crippen molar-refractivity contribution in [2.45, 2.75) is 51.5 Å². The number of amides is 2. The van der Waals surface area contributed by atoms with Gasteiger partial charge in [-0.05, 0) is 56.1 Å². The molecule has 2 aromatic rings. The van der Waals surface area contributed by atoms with Crippen molar-refractivity contribution >= 4 is 35.5 Å². The Balaban J connectivity index is 1.72. The van der Waals surface area contributed by atoms with Gasteiger partial charge in [0.25, 0.3) is 0 Å². The third kappa shape index (κ3) is 5.38. The van der Waals surface area contributed by atoms with Crippen LogP contribution in [-0.4, -0.2) is 47.6 Å². The second kappa shape index (κ2) is 10.4. The quantitative estimate of drug-likeness (QED) is 0.460. The Bertz CT molecular complexity index is 976. The molecular weight excluding hydrogens is 440 g/mol. The lowest BCUT2D eigenvalue weighted by atomic mass is 9.82. The summed E-state index contributed by atoms with van der Waals surface area (Å²) in [4.78, 5) is 41.0. The standard InChI is InChI=1S/C25H30N2O5S/c1-17-7-9-19(10-8-17)23(29)27(20-11-13-26(16-28)14-12-20)21-15-22(18-5-3-2-4-6-18)33-24(21)32-25(30)31/h2-6,15-17,19-20H,7-14H2,1H3,(H,30,31). The summed E-state index contributed by atoms with van der Waals surface area (Å²) in [5, 5.41) is 9.60. The fraction of sp³-hybridized carbons (Fsp3) is 0.480. The largest absolute Gasteiger partial charge is 0.512 e. The number of ether oxygens (including phenoxy) is 1. The Morgan fingerprint density at radius 1 is 1.09 bits per heavy atom. The highest BCUT2D eigenvalue weighted by Crippen LogP contribution is 2.45. The fourth-order valence-electron chi connectivity index (χ4n) is 4.88. The van der Waals surface area contributed by atoms with Gasteiger partial charge >= 0.3 is 6.16 Å². The number of piperidine rings is 1. The highest BCUT2D eigenvalue weighted by atomic mass is 32.1. The number of carbonyl (C=O) groups excluding carboxylic acids is 2. The van der Waals surface area contributed by atoms with Crippen molar-refractivity contribution < 1.29 is 24.2 Å². The first-order chi connectivity index (χ1) is 16.0. The molecule has 0 radical (unpaired) electrons. The molecule has 0 spiro atoms. The molecule has 1 aromatic heterocycles. The average molecular weight is 471 g/mol. The normalized spacial score (nSPS) is 21.4. The molecule has 0 bridgehead atoms. The predicted octanol–water partition coefficient (Wildman–Crippen LogP) is 5.25. The van der Waals surface area contributed by atoms with Crippen molar-refractivity contribution in [2.75, 3.05) is 18.0 Å². The highest BCUT2D eigenvalue weighted by Gasteiger charge is 2.37. The molecule has 1 saturated carbocycles. The first-order valence-electron chi connectivity index (χ1n) is 11.6. The van der Waals surface area contributed by atoms with Crippen LogP contribution in [0, 0.1) is 11.8 Å². The minimum Gasteiger partial charge on any atom is -0.449 e. The van der Waals surface area contributed by atoms with Crippen LogP contribution in [0.15, 0.2) is 36.4 Å². The number of anilines is 1. The van der Waals surface area contributed by atoms with Gasteiger partial charge in [0.05, 0.1) is 5.69 Å². The molecule has 2 fully saturated rings. The van der Waals surface area contributed by atoms with Gasteiger partial charge in [0.1, 0.15) is 0 Å². The summed E-state index contributed by atoms with van der Waals surface area (Å²) >= 11 is 1.24. The maximum absolute atomic E-state index is 13.9. The zero-order valence-corrected chi connectivity index (χ0v) is 19.6. The molecular formula is C25H30N2O5S. The van der Waals surface area contributed by atoms with Gasteiger partial charge in [-0.1, -0.05) is 48.6 Å². The summed E-state index contributed by atoms with van der Waals surface area (Å²) in [7, 11) is 0. The van der Waals surface area contributed by atoms with E-state index in [9.17, 15) is 19.5 Å². The number of hydrogen-bond donors (Lipinski definition) is 1. The number of thiophene rings is 1. The van der Waals surface area contributed by atoms with Crippen molar-refractivity contribution in [1.29, 1.82) is 0 Å². The maximum atomic E-state index is 13.9. The Hall–Kier alpha value is -2.87. The van der Waals surface area contributed by atoms with E-state index in [0.717, 1.165) is 42.5 Å². The molecule has 8 heteroatoms. The van der Waals surface area contributed by atoms with Gasteiger partial charge in [-0.2, -0.15) is 0 Å². The van der Waals surface area contributed by atoms with Crippen LogP contribution in [0.25, 0.3) is 10.4 Å². The van der Waals surface area contributed by atoms with Gasteiger partial charge in [-0.25, -0.2) is 4.79 Å². The van der Waals surface area contributed by atoms with E-state index in [2.05, 4.69) is 6.92 Å². The summed E-state index contributed by atoms with van der Waals surface area (Å²) in [5.74, 6) is 0.581. The molecule has 1 aliphatic carbocycles.